The number of benzene rings is 2. The van der Waals surface area contributed by atoms with E-state index in [0.717, 1.165) is 11.3 Å². The number of amides is 1. The number of hydrogen-bond donors (Lipinski definition) is 1. The number of anilines is 1. The van der Waals surface area contributed by atoms with Gasteiger partial charge in [-0.1, -0.05) is 40.9 Å². The molecule has 0 heterocycles. The Bertz CT molecular complexity index is 704. The van der Waals surface area contributed by atoms with Crippen molar-refractivity contribution in [2.75, 3.05) is 11.9 Å². The van der Waals surface area contributed by atoms with Gasteiger partial charge < -0.3 is 10.1 Å². The van der Waals surface area contributed by atoms with Gasteiger partial charge in [0.05, 0.1) is 11.6 Å². The quantitative estimate of drug-likeness (QED) is 0.655. The fraction of sp³-hybridized carbons (Fsp3) is 0.235. The second-order valence-electron chi connectivity index (χ2n) is 4.99. The molecule has 0 spiro atoms. The molecule has 122 valence electrons. The van der Waals surface area contributed by atoms with Gasteiger partial charge in [-0.25, -0.2) is 0 Å². The molecule has 0 aliphatic heterocycles. The van der Waals surface area contributed by atoms with E-state index in [0.29, 0.717) is 40.3 Å². The van der Waals surface area contributed by atoms with Crippen LogP contribution in [0.3, 0.4) is 0 Å². The van der Waals surface area contributed by atoms with Crippen molar-refractivity contribution in [2.45, 2.75) is 19.8 Å². The van der Waals surface area contributed by atoms with Crippen LogP contribution in [0, 0.1) is 6.92 Å². The molecule has 3 nitrogen and oxygen atoms in total. The average molecular weight is 373 g/mol. The Morgan fingerprint density at radius 3 is 2.65 bits per heavy atom. The Labute approximate surface area is 150 Å². The standard InChI is InChI=1S/C17H16Cl3NO2/c1-11-13(19)4-2-5-15(11)21-17(22)6-3-9-23-16-8-7-12(18)10-14(16)20/h2,4-5,7-8,10H,3,6,9H2,1H3,(H,21,22). The van der Waals surface area contributed by atoms with Crippen LogP contribution in [0.15, 0.2) is 36.4 Å². The van der Waals surface area contributed by atoms with Gasteiger partial charge in [0, 0.05) is 22.2 Å². The summed E-state index contributed by atoms with van der Waals surface area (Å²) in [4.78, 5) is 11.9. The van der Waals surface area contributed by atoms with E-state index in [1.807, 2.05) is 13.0 Å². The summed E-state index contributed by atoms with van der Waals surface area (Å²) in [6.45, 7) is 2.26. The van der Waals surface area contributed by atoms with Crippen LogP contribution in [0.25, 0.3) is 0 Å². The van der Waals surface area contributed by atoms with Crippen molar-refractivity contribution in [2.24, 2.45) is 0 Å². The van der Waals surface area contributed by atoms with Gasteiger partial charge in [0.15, 0.2) is 0 Å². The Morgan fingerprint density at radius 1 is 1.13 bits per heavy atom. The zero-order chi connectivity index (χ0) is 16.8. The van der Waals surface area contributed by atoms with Gasteiger partial charge in [-0.05, 0) is 49.2 Å². The molecule has 2 aromatic rings. The molecule has 0 fully saturated rings. The van der Waals surface area contributed by atoms with Crippen LogP contribution < -0.4 is 10.1 Å². The highest BCUT2D eigenvalue weighted by Crippen LogP contribution is 2.27. The third kappa shape index (κ3) is 5.31. The van der Waals surface area contributed by atoms with Gasteiger partial charge in [-0.2, -0.15) is 0 Å². The first-order chi connectivity index (χ1) is 11.0. The van der Waals surface area contributed by atoms with Crippen LogP contribution in [0.2, 0.25) is 15.1 Å². The zero-order valence-corrected chi connectivity index (χ0v) is 14.8. The number of halogens is 3. The van der Waals surface area contributed by atoms with Crippen molar-refractivity contribution >= 4 is 46.4 Å². The first kappa shape index (κ1) is 17.9. The molecule has 0 aliphatic rings. The molecule has 0 atom stereocenters. The van der Waals surface area contributed by atoms with E-state index in [2.05, 4.69) is 5.32 Å². The fourth-order valence-corrected chi connectivity index (χ4v) is 2.60. The maximum Gasteiger partial charge on any atom is 0.224 e. The van der Waals surface area contributed by atoms with E-state index < -0.39 is 0 Å². The molecule has 2 rings (SSSR count). The topological polar surface area (TPSA) is 38.3 Å². The summed E-state index contributed by atoms with van der Waals surface area (Å²) in [5, 5.41) is 4.48. The van der Waals surface area contributed by atoms with Crippen molar-refractivity contribution in [1.29, 1.82) is 0 Å². The van der Waals surface area contributed by atoms with Crippen LogP contribution in [-0.4, -0.2) is 12.5 Å². The van der Waals surface area contributed by atoms with E-state index in [1.165, 1.54) is 0 Å². The molecule has 0 bridgehead atoms. The van der Waals surface area contributed by atoms with Gasteiger partial charge in [0.1, 0.15) is 5.75 Å². The molecular weight excluding hydrogens is 357 g/mol. The number of carbonyl (C=O) groups excluding carboxylic acids is 1. The van der Waals surface area contributed by atoms with Gasteiger partial charge in [0.2, 0.25) is 5.91 Å². The normalized spacial score (nSPS) is 10.4. The Kier molecular flexibility index (Phi) is 6.58. The highest BCUT2D eigenvalue weighted by molar-refractivity contribution is 6.35. The number of rotatable bonds is 6. The fourth-order valence-electron chi connectivity index (χ4n) is 1.96. The van der Waals surface area contributed by atoms with Crippen molar-refractivity contribution in [3.63, 3.8) is 0 Å². The van der Waals surface area contributed by atoms with E-state index in [9.17, 15) is 4.79 Å². The molecule has 0 saturated heterocycles. The predicted octanol–water partition coefficient (Wildman–Crippen LogP) is 5.75. The first-order valence-corrected chi connectivity index (χ1v) is 8.23. The van der Waals surface area contributed by atoms with E-state index in [4.69, 9.17) is 39.5 Å². The van der Waals surface area contributed by atoms with Crippen molar-refractivity contribution < 1.29 is 9.53 Å². The Balaban J connectivity index is 1.78. The molecule has 1 amide bonds. The second kappa shape index (κ2) is 8.44. The summed E-state index contributed by atoms with van der Waals surface area (Å²) >= 11 is 17.9. The lowest BCUT2D eigenvalue weighted by atomic mass is 10.2. The number of nitrogens with one attached hydrogen (secondary N) is 1. The van der Waals surface area contributed by atoms with E-state index in [1.54, 1.807) is 30.3 Å². The van der Waals surface area contributed by atoms with Crippen LogP contribution in [0.1, 0.15) is 18.4 Å². The molecule has 0 saturated carbocycles. The maximum atomic E-state index is 11.9. The van der Waals surface area contributed by atoms with Gasteiger partial charge in [-0.3, -0.25) is 4.79 Å². The third-order valence-corrected chi connectivity index (χ3v) is 4.18. The molecule has 0 unspecified atom stereocenters. The van der Waals surface area contributed by atoms with Crippen molar-refractivity contribution in [1.82, 2.24) is 0 Å². The summed E-state index contributed by atoms with van der Waals surface area (Å²) in [5.74, 6) is 0.475. The second-order valence-corrected chi connectivity index (χ2v) is 6.24. The Morgan fingerprint density at radius 2 is 1.91 bits per heavy atom. The molecule has 23 heavy (non-hydrogen) atoms. The van der Waals surface area contributed by atoms with Crippen molar-refractivity contribution in [3.8, 4) is 5.75 Å². The van der Waals surface area contributed by atoms with Crippen LogP contribution >= 0.6 is 34.8 Å². The molecule has 1 N–H and O–H groups in total. The molecule has 0 aliphatic carbocycles. The first-order valence-electron chi connectivity index (χ1n) is 7.10. The molecular formula is C17H16Cl3NO2. The van der Waals surface area contributed by atoms with Gasteiger partial charge >= 0.3 is 0 Å². The van der Waals surface area contributed by atoms with E-state index >= 15 is 0 Å². The third-order valence-electron chi connectivity index (χ3n) is 3.24. The SMILES string of the molecule is Cc1c(Cl)cccc1NC(=O)CCCOc1ccc(Cl)cc1Cl. The summed E-state index contributed by atoms with van der Waals surface area (Å²) in [6, 6.07) is 10.4. The lowest BCUT2D eigenvalue weighted by molar-refractivity contribution is -0.116. The summed E-state index contributed by atoms with van der Waals surface area (Å²) < 4.78 is 5.54. The summed E-state index contributed by atoms with van der Waals surface area (Å²) in [5.41, 5.74) is 1.58. The molecule has 0 radical (unpaired) electrons. The monoisotopic (exact) mass is 371 g/mol. The Hall–Kier alpha value is -1.42. The predicted molar refractivity (Wildman–Crippen MR) is 96.0 cm³/mol. The highest BCUT2D eigenvalue weighted by atomic mass is 35.5. The molecule has 2 aromatic carbocycles. The summed E-state index contributed by atoms with van der Waals surface area (Å²) in [7, 11) is 0. The minimum atomic E-state index is -0.0823. The largest absolute Gasteiger partial charge is 0.492 e. The summed E-state index contributed by atoms with van der Waals surface area (Å²) in [6.07, 6.45) is 0.918. The lowest BCUT2D eigenvalue weighted by Gasteiger charge is -2.10. The maximum absolute atomic E-state index is 11.9. The number of ether oxygens (including phenoxy) is 1. The highest BCUT2D eigenvalue weighted by Gasteiger charge is 2.07. The smallest absolute Gasteiger partial charge is 0.224 e. The van der Waals surface area contributed by atoms with Crippen molar-refractivity contribution in [3.05, 3.63) is 57.0 Å². The minimum Gasteiger partial charge on any atom is -0.492 e. The number of carbonyl (C=O) groups is 1. The van der Waals surface area contributed by atoms with Crippen LogP contribution in [0.4, 0.5) is 5.69 Å². The van der Waals surface area contributed by atoms with Crippen LogP contribution in [0.5, 0.6) is 5.75 Å². The number of hydrogen-bond acceptors (Lipinski definition) is 2. The average Bonchev–Trinajstić information content (AvgIpc) is 2.50. The molecule has 6 heteroatoms. The lowest BCUT2D eigenvalue weighted by Crippen LogP contribution is -2.13. The minimum absolute atomic E-state index is 0.0823. The van der Waals surface area contributed by atoms with Gasteiger partial charge in [-0.15, -0.1) is 0 Å². The van der Waals surface area contributed by atoms with Gasteiger partial charge in [0.25, 0.3) is 0 Å². The molecule has 0 aromatic heterocycles. The van der Waals surface area contributed by atoms with Crippen LogP contribution in [-0.2, 0) is 4.79 Å². The van der Waals surface area contributed by atoms with E-state index in [-0.39, 0.29) is 5.91 Å². The zero-order valence-electron chi connectivity index (χ0n) is 12.5.